The Morgan fingerprint density at radius 2 is 1.42 bits per heavy atom. The van der Waals surface area contributed by atoms with E-state index in [-0.39, 0.29) is 0 Å². The Labute approximate surface area is 129 Å². The van der Waals surface area contributed by atoms with Crippen LogP contribution >= 0.6 is 11.8 Å². The summed E-state index contributed by atoms with van der Waals surface area (Å²) >= 11 is 2.07. The van der Waals surface area contributed by atoms with E-state index in [1.165, 1.54) is 30.8 Å². The number of allylic oxidation sites excluding steroid dienone is 1. The van der Waals surface area contributed by atoms with Gasteiger partial charge >= 0.3 is 0 Å². The number of hydrogen-bond donors (Lipinski definition) is 0. The lowest BCUT2D eigenvalue weighted by Gasteiger charge is -2.23. The second kappa shape index (κ2) is 26.6. The van der Waals surface area contributed by atoms with Gasteiger partial charge in [0.15, 0.2) is 0 Å². The molecule has 0 aliphatic heterocycles. The van der Waals surface area contributed by atoms with E-state index >= 15 is 0 Å². The van der Waals surface area contributed by atoms with Crippen LogP contribution < -0.4 is 0 Å². The number of unbranched alkanes of at least 4 members (excludes halogenated alkanes) is 1. The highest BCUT2D eigenvalue weighted by molar-refractivity contribution is 7.99. The third kappa shape index (κ3) is 38.1. The van der Waals surface area contributed by atoms with E-state index in [4.69, 9.17) is 0 Å². The van der Waals surface area contributed by atoms with Crippen molar-refractivity contribution in [3.8, 4) is 0 Å². The first-order valence-corrected chi connectivity index (χ1v) is 9.38. The van der Waals surface area contributed by atoms with Crippen molar-refractivity contribution in [3.05, 3.63) is 12.7 Å². The molecule has 0 fully saturated rings. The van der Waals surface area contributed by atoms with Crippen molar-refractivity contribution in [3.63, 3.8) is 0 Å². The maximum atomic E-state index is 3.48. The number of rotatable bonds is 7. The lowest BCUT2D eigenvalue weighted by molar-refractivity contribution is 0.372. The fraction of sp³-hybridized carbons (Fsp3) is 0.889. The largest absolute Gasteiger partial charge is 0.162 e. The molecule has 0 atom stereocenters. The van der Waals surface area contributed by atoms with Gasteiger partial charge in [-0.1, -0.05) is 81.2 Å². The van der Waals surface area contributed by atoms with Gasteiger partial charge in [0.2, 0.25) is 0 Å². The van der Waals surface area contributed by atoms with Crippen LogP contribution in [0, 0.1) is 5.41 Å². The molecule has 0 aliphatic carbocycles. The molecule has 0 spiro atoms. The van der Waals surface area contributed by atoms with Crippen LogP contribution in [0.1, 0.15) is 88.0 Å². The average molecular weight is 291 g/mol. The van der Waals surface area contributed by atoms with Crippen LogP contribution in [-0.4, -0.2) is 11.5 Å². The minimum atomic E-state index is 0.566. The molecule has 120 valence electrons. The Morgan fingerprint density at radius 1 is 1.00 bits per heavy atom. The molecule has 0 rings (SSSR count). The summed E-state index contributed by atoms with van der Waals surface area (Å²) in [5.41, 5.74) is 0.566. The smallest absolute Gasteiger partial charge is 0.00162 e. The van der Waals surface area contributed by atoms with Crippen LogP contribution in [0.15, 0.2) is 12.7 Å². The fourth-order valence-corrected chi connectivity index (χ4v) is 2.01. The minimum absolute atomic E-state index is 0.566. The molecule has 0 saturated carbocycles. The van der Waals surface area contributed by atoms with Gasteiger partial charge in [-0.3, -0.25) is 0 Å². The first-order chi connectivity index (χ1) is 9.04. The molecular weight excluding hydrogens is 248 g/mol. The molecule has 0 bridgehead atoms. The second-order valence-electron chi connectivity index (χ2n) is 4.60. The first kappa shape index (κ1) is 27.4. The third-order valence-electron chi connectivity index (χ3n) is 2.19. The predicted octanol–water partition coefficient (Wildman–Crippen LogP) is 7.59. The van der Waals surface area contributed by atoms with E-state index in [2.05, 4.69) is 53.0 Å². The lowest BCUT2D eigenvalue weighted by Crippen LogP contribution is -2.14. The van der Waals surface area contributed by atoms with Crippen molar-refractivity contribution in [2.75, 3.05) is 11.5 Å². The Morgan fingerprint density at radius 3 is 1.68 bits per heavy atom. The standard InChI is InChI=1S/C10H22S.C4H8.2C2H6/c1-5-7-8-10(3,4)9-11-6-2;1-3-4-2;2*1-2/h5-9H2,1-4H3;3H,1,4H2,2H3;2*1-2H3. The van der Waals surface area contributed by atoms with E-state index in [0.717, 1.165) is 6.42 Å². The molecule has 0 saturated heterocycles. The van der Waals surface area contributed by atoms with E-state index in [1.54, 1.807) is 0 Å². The third-order valence-corrected chi connectivity index (χ3v) is 3.59. The predicted molar refractivity (Wildman–Crippen MR) is 99.5 cm³/mol. The van der Waals surface area contributed by atoms with Gasteiger partial charge in [0, 0.05) is 0 Å². The van der Waals surface area contributed by atoms with Gasteiger partial charge in [0.25, 0.3) is 0 Å². The van der Waals surface area contributed by atoms with Crippen LogP contribution in [0.3, 0.4) is 0 Å². The van der Waals surface area contributed by atoms with E-state index in [9.17, 15) is 0 Å². The zero-order valence-corrected chi connectivity index (χ0v) is 16.3. The summed E-state index contributed by atoms with van der Waals surface area (Å²) in [6.07, 6.45) is 7.06. The molecule has 0 radical (unpaired) electrons. The number of thioether (sulfide) groups is 1. The van der Waals surface area contributed by atoms with Crippen molar-refractivity contribution >= 4 is 11.8 Å². The summed E-state index contributed by atoms with van der Waals surface area (Å²) in [4.78, 5) is 0. The van der Waals surface area contributed by atoms with Crippen LogP contribution in [0.2, 0.25) is 0 Å². The molecule has 0 amide bonds. The monoisotopic (exact) mass is 290 g/mol. The van der Waals surface area contributed by atoms with Gasteiger partial charge in [-0.05, 0) is 29.8 Å². The molecule has 19 heavy (non-hydrogen) atoms. The van der Waals surface area contributed by atoms with E-state index in [0.29, 0.717) is 5.41 Å². The maximum Gasteiger partial charge on any atom is -0.00162 e. The second-order valence-corrected chi connectivity index (χ2v) is 5.88. The Kier molecular flexibility index (Phi) is 38.4. The van der Waals surface area contributed by atoms with Gasteiger partial charge in [-0.25, -0.2) is 0 Å². The summed E-state index contributed by atoms with van der Waals surface area (Å²) < 4.78 is 0. The molecular formula is C18H42S. The summed E-state index contributed by atoms with van der Waals surface area (Å²) in [7, 11) is 0. The van der Waals surface area contributed by atoms with E-state index < -0.39 is 0 Å². The van der Waals surface area contributed by atoms with Gasteiger partial charge < -0.3 is 0 Å². The van der Waals surface area contributed by atoms with Crippen molar-refractivity contribution in [1.29, 1.82) is 0 Å². The normalized spacial score (nSPS) is 8.89. The van der Waals surface area contributed by atoms with Crippen molar-refractivity contribution in [2.24, 2.45) is 5.41 Å². The van der Waals surface area contributed by atoms with Crippen molar-refractivity contribution in [2.45, 2.75) is 88.0 Å². The Hall–Kier alpha value is 0.0900. The molecule has 0 N–H and O–H groups in total. The topological polar surface area (TPSA) is 0 Å². The van der Waals surface area contributed by atoms with Gasteiger partial charge in [0.05, 0.1) is 0 Å². The molecule has 0 nitrogen and oxygen atoms in total. The molecule has 1 heteroatoms. The average Bonchev–Trinajstić information content (AvgIpc) is 2.47. The number of hydrogen-bond acceptors (Lipinski definition) is 1. The van der Waals surface area contributed by atoms with Gasteiger partial charge in [-0.15, -0.1) is 6.58 Å². The SMILES string of the molecule is C=CCC.CC.CC.CCCCC(C)(C)CSCC. The lowest BCUT2D eigenvalue weighted by atomic mass is 9.90. The highest BCUT2D eigenvalue weighted by atomic mass is 32.2. The fourth-order valence-electron chi connectivity index (χ4n) is 1.11. The molecule has 0 aromatic carbocycles. The molecule has 0 aromatic rings. The van der Waals surface area contributed by atoms with Crippen LogP contribution in [0.4, 0.5) is 0 Å². The highest BCUT2D eigenvalue weighted by Gasteiger charge is 2.15. The summed E-state index contributed by atoms with van der Waals surface area (Å²) in [5.74, 6) is 2.58. The van der Waals surface area contributed by atoms with Crippen LogP contribution in [0.25, 0.3) is 0 Å². The van der Waals surface area contributed by atoms with Crippen molar-refractivity contribution < 1.29 is 0 Å². The van der Waals surface area contributed by atoms with Gasteiger partial charge in [0.1, 0.15) is 0 Å². The summed E-state index contributed by atoms with van der Waals surface area (Å²) in [6, 6.07) is 0. The zero-order valence-electron chi connectivity index (χ0n) is 15.4. The van der Waals surface area contributed by atoms with Crippen LogP contribution in [0.5, 0.6) is 0 Å². The minimum Gasteiger partial charge on any atom is -0.162 e. The molecule has 0 heterocycles. The Bertz CT molecular complexity index is 118. The van der Waals surface area contributed by atoms with E-state index in [1.807, 2.05) is 33.8 Å². The van der Waals surface area contributed by atoms with Crippen molar-refractivity contribution in [1.82, 2.24) is 0 Å². The zero-order chi connectivity index (χ0) is 16.2. The molecule has 0 aliphatic rings. The van der Waals surface area contributed by atoms with Gasteiger partial charge in [-0.2, -0.15) is 11.8 Å². The quantitative estimate of drug-likeness (QED) is 0.435. The molecule has 0 unspecified atom stereocenters. The summed E-state index contributed by atoms with van der Waals surface area (Å²) in [5, 5.41) is 0. The Balaban J connectivity index is -0.000000118. The van der Waals surface area contributed by atoms with Crippen LogP contribution in [-0.2, 0) is 0 Å². The first-order valence-electron chi connectivity index (χ1n) is 8.22. The summed E-state index contributed by atoms with van der Waals surface area (Å²) in [6.45, 7) is 22.8. The highest BCUT2D eigenvalue weighted by Crippen LogP contribution is 2.27. The maximum absolute atomic E-state index is 3.48. The molecule has 0 aromatic heterocycles.